The molecule has 0 spiro atoms. The molecule has 9 heteroatoms. The van der Waals surface area contributed by atoms with E-state index in [2.05, 4.69) is 36.6 Å². The summed E-state index contributed by atoms with van der Waals surface area (Å²) in [4.78, 5) is -0.349. The van der Waals surface area contributed by atoms with E-state index in [1.807, 2.05) is 0 Å². The lowest BCUT2D eigenvalue weighted by molar-refractivity contribution is 0.597. The Kier molecular flexibility index (Phi) is 4.54. The monoisotopic (exact) mass is 440 g/mol. The summed E-state index contributed by atoms with van der Waals surface area (Å²) in [7, 11) is -4.15. The van der Waals surface area contributed by atoms with Gasteiger partial charge in [-0.15, -0.1) is 0 Å². The summed E-state index contributed by atoms with van der Waals surface area (Å²) in [5.41, 5.74) is 5.00. The van der Waals surface area contributed by atoms with Gasteiger partial charge in [0.25, 0.3) is 10.0 Å². The fourth-order valence-electron chi connectivity index (χ4n) is 1.55. The van der Waals surface area contributed by atoms with Gasteiger partial charge in [-0.1, -0.05) is 15.9 Å². The summed E-state index contributed by atoms with van der Waals surface area (Å²) in [6.07, 6.45) is 0. The molecular weight excluding hydrogens is 434 g/mol. The smallest absolute Gasteiger partial charge is 0.264 e. The minimum absolute atomic E-state index is 0.0617. The van der Waals surface area contributed by atoms with Gasteiger partial charge in [-0.3, -0.25) is 4.72 Å². The van der Waals surface area contributed by atoms with E-state index in [-0.39, 0.29) is 20.7 Å². The number of rotatable bonds is 3. The van der Waals surface area contributed by atoms with Crippen LogP contribution in [0.2, 0.25) is 0 Å². The molecule has 0 atom stereocenters. The van der Waals surface area contributed by atoms with Gasteiger partial charge in [0.15, 0.2) is 0 Å². The maximum atomic E-state index is 13.7. The van der Waals surface area contributed by atoms with E-state index in [0.717, 1.165) is 18.2 Å². The van der Waals surface area contributed by atoms with Crippen molar-refractivity contribution in [2.75, 3.05) is 10.5 Å². The van der Waals surface area contributed by atoms with Gasteiger partial charge in [0.05, 0.1) is 15.8 Å². The van der Waals surface area contributed by atoms with Gasteiger partial charge in [-0.05, 0) is 46.3 Å². The summed E-state index contributed by atoms with van der Waals surface area (Å²) in [6, 6.07) is 5.73. The van der Waals surface area contributed by atoms with E-state index in [9.17, 15) is 17.2 Å². The molecule has 0 bridgehead atoms. The lowest BCUT2D eigenvalue weighted by atomic mass is 10.3. The van der Waals surface area contributed by atoms with Crippen molar-refractivity contribution >= 4 is 53.3 Å². The normalized spacial score (nSPS) is 11.4. The second-order valence-electron chi connectivity index (χ2n) is 4.03. The highest BCUT2D eigenvalue weighted by Gasteiger charge is 2.21. The molecule has 0 radical (unpaired) electrons. The molecule has 0 aliphatic heterocycles. The van der Waals surface area contributed by atoms with Crippen LogP contribution in [0.4, 0.5) is 20.2 Å². The fraction of sp³-hybridized carbons (Fsp3) is 0. The maximum absolute atomic E-state index is 13.7. The predicted molar refractivity (Wildman–Crippen MR) is 83.4 cm³/mol. The van der Waals surface area contributed by atoms with Crippen LogP contribution >= 0.6 is 31.9 Å². The van der Waals surface area contributed by atoms with Gasteiger partial charge in [0, 0.05) is 4.47 Å². The molecule has 112 valence electrons. The molecule has 3 N–H and O–H groups in total. The third-order valence-electron chi connectivity index (χ3n) is 2.52. The minimum atomic E-state index is -4.15. The Morgan fingerprint density at radius 2 is 1.71 bits per heavy atom. The molecule has 0 heterocycles. The molecule has 0 amide bonds. The number of nitrogens with two attached hydrogens (primary N) is 1. The molecule has 2 aromatic rings. The van der Waals surface area contributed by atoms with Crippen LogP contribution < -0.4 is 10.5 Å². The molecule has 0 aliphatic rings. The molecule has 21 heavy (non-hydrogen) atoms. The number of anilines is 2. The first-order valence-corrected chi connectivity index (χ1v) is 8.50. The largest absolute Gasteiger partial charge is 0.398 e. The van der Waals surface area contributed by atoms with Crippen molar-refractivity contribution in [2.45, 2.75) is 4.90 Å². The van der Waals surface area contributed by atoms with Gasteiger partial charge >= 0.3 is 0 Å². The number of halogens is 4. The van der Waals surface area contributed by atoms with Gasteiger partial charge in [0.2, 0.25) is 0 Å². The third kappa shape index (κ3) is 3.53. The third-order valence-corrected chi connectivity index (χ3v) is 5.04. The number of hydrogen-bond acceptors (Lipinski definition) is 3. The average molecular weight is 442 g/mol. The Morgan fingerprint density at radius 1 is 1.05 bits per heavy atom. The van der Waals surface area contributed by atoms with Crippen LogP contribution in [-0.4, -0.2) is 8.42 Å². The zero-order chi connectivity index (χ0) is 15.8. The fourth-order valence-corrected chi connectivity index (χ4v) is 3.58. The van der Waals surface area contributed by atoms with Crippen LogP contribution in [0.1, 0.15) is 0 Å². The van der Waals surface area contributed by atoms with Crippen molar-refractivity contribution in [1.82, 2.24) is 0 Å². The molecule has 4 nitrogen and oxygen atoms in total. The van der Waals surface area contributed by atoms with E-state index in [4.69, 9.17) is 5.73 Å². The highest BCUT2D eigenvalue weighted by atomic mass is 79.9. The van der Waals surface area contributed by atoms with Crippen LogP contribution in [0.15, 0.2) is 44.2 Å². The van der Waals surface area contributed by atoms with Crippen LogP contribution in [0, 0.1) is 11.6 Å². The van der Waals surface area contributed by atoms with Gasteiger partial charge in [0.1, 0.15) is 16.5 Å². The second kappa shape index (κ2) is 5.90. The molecule has 0 fully saturated rings. The summed E-state index contributed by atoms with van der Waals surface area (Å²) in [5, 5.41) is 0. The van der Waals surface area contributed by atoms with Crippen LogP contribution in [0.5, 0.6) is 0 Å². The summed E-state index contributed by atoms with van der Waals surface area (Å²) in [5.74, 6) is -1.45. The van der Waals surface area contributed by atoms with E-state index >= 15 is 0 Å². The first kappa shape index (κ1) is 16.2. The Bertz CT molecular complexity index is 813. The van der Waals surface area contributed by atoms with E-state index in [1.54, 1.807) is 0 Å². The molecule has 0 aromatic heterocycles. The summed E-state index contributed by atoms with van der Waals surface area (Å²) in [6.45, 7) is 0. The Hall–Kier alpha value is -1.19. The number of benzene rings is 2. The van der Waals surface area contributed by atoms with Crippen LogP contribution in [-0.2, 0) is 10.0 Å². The molecule has 0 saturated heterocycles. The molecule has 2 aromatic carbocycles. The van der Waals surface area contributed by atoms with Crippen LogP contribution in [0.3, 0.4) is 0 Å². The van der Waals surface area contributed by atoms with E-state index in [1.165, 1.54) is 12.1 Å². The molecule has 2 rings (SSSR count). The van der Waals surface area contributed by atoms with Crippen molar-refractivity contribution < 1.29 is 17.2 Å². The zero-order valence-electron chi connectivity index (χ0n) is 10.2. The molecule has 0 aliphatic carbocycles. The highest BCUT2D eigenvalue weighted by Crippen LogP contribution is 2.28. The quantitative estimate of drug-likeness (QED) is 0.710. The highest BCUT2D eigenvalue weighted by molar-refractivity contribution is 9.10. The molecular formula is C12H8Br2F2N2O2S. The lowest BCUT2D eigenvalue weighted by Gasteiger charge is -2.11. The van der Waals surface area contributed by atoms with Crippen molar-refractivity contribution in [2.24, 2.45) is 0 Å². The second-order valence-corrected chi connectivity index (χ2v) is 7.45. The minimum Gasteiger partial charge on any atom is -0.398 e. The van der Waals surface area contributed by atoms with E-state index < -0.39 is 21.7 Å². The van der Waals surface area contributed by atoms with E-state index in [0.29, 0.717) is 4.47 Å². The molecule has 0 unspecified atom stereocenters. The maximum Gasteiger partial charge on any atom is 0.264 e. The van der Waals surface area contributed by atoms with Gasteiger partial charge in [-0.2, -0.15) is 0 Å². The predicted octanol–water partition coefficient (Wildman–Crippen LogP) is 3.87. The Labute approximate surface area is 136 Å². The van der Waals surface area contributed by atoms with Crippen molar-refractivity contribution in [3.05, 3.63) is 50.9 Å². The average Bonchev–Trinajstić information content (AvgIpc) is 2.37. The van der Waals surface area contributed by atoms with Crippen LogP contribution in [0.25, 0.3) is 0 Å². The standard InChI is InChI=1S/C12H8Br2F2N2O2S/c13-6-1-2-11(9(16)3-6)18-21(19,20)12-4-7(14)8(15)5-10(12)17/h1-5,18H,17H2. The lowest BCUT2D eigenvalue weighted by Crippen LogP contribution is -2.16. The number of hydrogen-bond donors (Lipinski definition) is 2. The first-order valence-electron chi connectivity index (χ1n) is 5.43. The first-order chi connectivity index (χ1) is 9.70. The summed E-state index contributed by atoms with van der Waals surface area (Å²) >= 11 is 5.94. The topological polar surface area (TPSA) is 72.2 Å². The van der Waals surface area contributed by atoms with Crippen molar-refractivity contribution in [3.8, 4) is 0 Å². The van der Waals surface area contributed by atoms with Crippen molar-refractivity contribution in [3.63, 3.8) is 0 Å². The Balaban J connectivity index is 2.46. The van der Waals surface area contributed by atoms with Gasteiger partial charge in [-0.25, -0.2) is 17.2 Å². The molecule has 0 saturated carbocycles. The SMILES string of the molecule is Nc1cc(F)c(Br)cc1S(=O)(=O)Nc1ccc(Br)cc1F. The van der Waals surface area contributed by atoms with Crippen molar-refractivity contribution in [1.29, 1.82) is 0 Å². The van der Waals surface area contributed by atoms with Gasteiger partial charge < -0.3 is 5.73 Å². The number of sulfonamides is 1. The zero-order valence-corrected chi connectivity index (χ0v) is 14.2. The number of nitrogen functional groups attached to an aromatic ring is 1. The number of nitrogens with one attached hydrogen (secondary N) is 1. The Morgan fingerprint density at radius 3 is 2.33 bits per heavy atom. The summed E-state index contributed by atoms with van der Waals surface area (Å²) < 4.78 is 53.9.